The summed E-state index contributed by atoms with van der Waals surface area (Å²) in [5.41, 5.74) is 0.811. The molecule has 1 unspecified atom stereocenters. The fourth-order valence-corrected chi connectivity index (χ4v) is 8.23. The van der Waals surface area contributed by atoms with E-state index in [0.717, 1.165) is 25.2 Å². The van der Waals surface area contributed by atoms with Crippen LogP contribution in [-0.4, -0.2) is 22.4 Å². The number of allylic oxidation sites excluding steroid dienone is 1. The van der Waals surface area contributed by atoms with Crippen LogP contribution in [0.25, 0.3) is 0 Å². The van der Waals surface area contributed by atoms with Crippen molar-refractivity contribution < 1.29 is 9.84 Å². The third-order valence-electron chi connectivity index (χ3n) is 9.48. The zero-order valence-electron chi connectivity index (χ0n) is 19.4. The molecule has 4 aliphatic rings. The second-order valence-corrected chi connectivity index (χ2v) is 12.3. The van der Waals surface area contributed by atoms with Crippen LogP contribution in [0, 0.1) is 45.8 Å². The lowest BCUT2D eigenvalue weighted by molar-refractivity contribution is -0.103. The topological polar surface area (TPSA) is 53.2 Å². The molecule has 162 valence electrons. The van der Waals surface area contributed by atoms with Crippen LogP contribution in [0.2, 0.25) is 0 Å². The summed E-state index contributed by atoms with van der Waals surface area (Å²) in [6, 6.07) is 2.22. The van der Waals surface area contributed by atoms with Gasteiger partial charge in [-0.3, -0.25) is 0 Å². The van der Waals surface area contributed by atoms with Gasteiger partial charge in [-0.05, 0) is 108 Å². The Morgan fingerprint density at radius 3 is 2.45 bits per heavy atom. The maximum Gasteiger partial charge on any atom is 0.151 e. The van der Waals surface area contributed by atoms with E-state index >= 15 is 0 Å². The average Bonchev–Trinajstić information content (AvgIpc) is 2.99. The first-order chi connectivity index (χ1) is 13.4. The number of rotatable bonds is 2. The Morgan fingerprint density at radius 2 is 1.79 bits per heavy atom. The molecule has 0 bridgehead atoms. The molecule has 0 radical (unpaired) electrons. The molecule has 0 heterocycles. The van der Waals surface area contributed by atoms with E-state index in [1.54, 1.807) is 12.5 Å². The molecule has 1 N–H and O–H groups in total. The minimum absolute atomic E-state index is 0.0701. The number of ether oxygens (including phenoxy) is 1. The minimum atomic E-state index is -1.20. The Bertz CT molecular complexity index is 726. The molecule has 3 fully saturated rings. The van der Waals surface area contributed by atoms with Gasteiger partial charge in [0, 0.05) is 5.92 Å². The highest BCUT2D eigenvalue weighted by Crippen LogP contribution is 2.67. The van der Waals surface area contributed by atoms with E-state index in [-0.39, 0.29) is 16.9 Å². The van der Waals surface area contributed by atoms with Gasteiger partial charge in [-0.1, -0.05) is 25.5 Å². The molecule has 0 aromatic heterocycles. The predicted octanol–water partition coefficient (Wildman–Crippen LogP) is 6.02. The molecule has 4 rings (SSSR count). The van der Waals surface area contributed by atoms with Crippen molar-refractivity contribution in [1.82, 2.24) is 0 Å². The van der Waals surface area contributed by atoms with Gasteiger partial charge >= 0.3 is 0 Å². The van der Waals surface area contributed by atoms with Crippen molar-refractivity contribution in [2.75, 3.05) is 0 Å². The van der Waals surface area contributed by atoms with Gasteiger partial charge in [-0.25, -0.2) is 0 Å². The van der Waals surface area contributed by atoms with Crippen molar-refractivity contribution in [3.05, 3.63) is 11.6 Å². The molecular weight excluding hydrogens is 358 g/mol. The van der Waals surface area contributed by atoms with Crippen molar-refractivity contribution in [3.8, 4) is 6.07 Å². The molecule has 0 aliphatic heterocycles. The molecule has 3 nitrogen and oxygen atoms in total. The lowest BCUT2D eigenvalue weighted by atomic mass is 9.47. The van der Waals surface area contributed by atoms with Crippen LogP contribution < -0.4 is 0 Å². The summed E-state index contributed by atoms with van der Waals surface area (Å²) in [6.45, 7) is 13.2. The summed E-state index contributed by atoms with van der Waals surface area (Å²) in [5.74, 6) is 2.22. The molecule has 0 saturated heterocycles. The number of hydrogen-bond donors (Lipinski definition) is 1. The first kappa shape index (κ1) is 21.4. The quantitative estimate of drug-likeness (QED) is 0.456. The zero-order chi connectivity index (χ0) is 21.2. The monoisotopic (exact) mass is 399 g/mol. The van der Waals surface area contributed by atoms with Gasteiger partial charge in [0.05, 0.1) is 17.8 Å². The van der Waals surface area contributed by atoms with Crippen LogP contribution in [-0.2, 0) is 4.74 Å². The summed E-state index contributed by atoms with van der Waals surface area (Å²) >= 11 is 0. The van der Waals surface area contributed by atoms with E-state index in [1.807, 2.05) is 0 Å². The highest BCUT2D eigenvalue weighted by molar-refractivity contribution is 5.26. The summed E-state index contributed by atoms with van der Waals surface area (Å²) in [6.07, 6.45) is 12.2. The molecule has 0 amide bonds. The number of aliphatic hydroxyl groups is 1. The van der Waals surface area contributed by atoms with E-state index in [2.05, 4.69) is 46.8 Å². The van der Waals surface area contributed by atoms with E-state index in [1.165, 1.54) is 32.1 Å². The van der Waals surface area contributed by atoms with Crippen molar-refractivity contribution in [2.24, 2.45) is 34.5 Å². The van der Waals surface area contributed by atoms with Crippen LogP contribution in [0.3, 0.4) is 0 Å². The van der Waals surface area contributed by atoms with E-state index < -0.39 is 5.60 Å². The third kappa shape index (κ3) is 3.39. The lowest BCUT2D eigenvalue weighted by Crippen LogP contribution is -2.53. The highest BCUT2D eigenvalue weighted by Gasteiger charge is 2.61. The fourth-order valence-electron chi connectivity index (χ4n) is 8.23. The number of fused-ring (bicyclic) bond motifs is 5. The Labute approximate surface area is 177 Å². The maximum absolute atomic E-state index is 10.8. The molecule has 4 aliphatic carbocycles. The van der Waals surface area contributed by atoms with Crippen molar-refractivity contribution >= 4 is 0 Å². The molecule has 3 heteroatoms. The van der Waals surface area contributed by atoms with Gasteiger partial charge in [0.15, 0.2) is 5.60 Å². The first-order valence-corrected chi connectivity index (χ1v) is 11.9. The number of nitrogens with zero attached hydrogens (tertiary/aromatic N) is 1. The van der Waals surface area contributed by atoms with Crippen LogP contribution >= 0.6 is 0 Å². The first-order valence-electron chi connectivity index (χ1n) is 11.9. The van der Waals surface area contributed by atoms with Gasteiger partial charge in [0.2, 0.25) is 0 Å². The molecule has 0 aromatic carbocycles. The van der Waals surface area contributed by atoms with E-state index in [4.69, 9.17) is 4.74 Å². The van der Waals surface area contributed by atoms with Crippen LogP contribution in [0.15, 0.2) is 11.6 Å². The van der Waals surface area contributed by atoms with E-state index in [9.17, 15) is 10.4 Å². The maximum atomic E-state index is 10.8. The lowest BCUT2D eigenvalue weighted by Gasteiger charge is -2.58. The minimum Gasteiger partial charge on any atom is -0.375 e. The molecule has 29 heavy (non-hydrogen) atoms. The van der Waals surface area contributed by atoms with Crippen LogP contribution in [0.5, 0.6) is 0 Å². The van der Waals surface area contributed by atoms with E-state index in [0.29, 0.717) is 23.4 Å². The smallest absolute Gasteiger partial charge is 0.151 e. The Hall–Kier alpha value is -0.850. The SMILES string of the molecule is CC(C)(C)O[C@H]1CC[C@@]2(C)C(=CC[C@H]3[C@@H]4CC[C@H](C(C)(O)C#N)[C@@]4(C)CC[C@@H]32)C1. The second-order valence-electron chi connectivity index (χ2n) is 12.3. The number of nitriles is 1. The Balaban J connectivity index is 1.57. The summed E-state index contributed by atoms with van der Waals surface area (Å²) in [5, 5.41) is 20.4. The zero-order valence-corrected chi connectivity index (χ0v) is 19.4. The largest absolute Gasteiger partial charge is 0.375 e. The Kier molecular flexibility index (Phi) is 5.03. The number of hydrogen-bond acceptors (Lipinski definition) is 3. The molecule has 3 saturated carbocycles. The van der Waals surface area contributed by atoms with Gasteiger partial charge in [0.25, 0.3) is 0 Å². The van der Waals surface area contributed by atoms with Crippen molar-refractivity contribution in [2.45, 2.75) is 110 Å². The fraction of sp³-hybridized carbons (Fsp3) is 0.885. The molecular formula is C26H41NO2. The third-order valence-corrected chi connectivity index (χ3v) is 9.48. The standard InChI is InChI=1S/C26H41NO2/c1-23(2,3)29-18-11-13-24(4)17(15-18)7-8-19-20-9-10-22(26(6,28)16-27)25(20,5)14-12-21(19)24/h7,18-22,28H,8-15H2,1-6H3/t18-,19-,20-,21-,22-,24-,25-,26?/m0/s1. The van der Waals surface area contributed by atoms with Gasteiger partial charge in [-0.15, -0.1) is 0 Å². The molecule has 0 spiro atoms. The van der Waals surface area contributed by atoms with Gasteiger partial charge in [-0.2, -0.15) is 5.26 Å². The second kappa shape index (κ2) is 6.83. The van der Waals surface area contributed by atoms with Gasteiger partial charge < -0.3 is 9.84 Å². The summed E-state index contributed by atoms with van der Waals surface area (Å²) in [4.78, 5) is 0. The average molecular weight is 400 g/mol. The molecule has 8 atom stereocenters. The molecule has 0 aromatic rings. The summed E-state index contributed by atoms with van der Waals surface area (Å²) in [7, 11) is 0. The Morgan fingerprint density at radius 1 is 1.07 bits per heavy atom. The van der Waals surface area contributed by atoms with Crippen molar-refractivity contribution in [3.63, 3.8) is 0 Å². The van der Waals surface area contributed by atoms with Crippen LogP contribution in [0.1, 0.15) is 92.9 Å². The highest BCUT2D eigenvalue weighted by atomic mass is 16.5. The van der Waals surface area contributed by atoms with Crippen molar-refractivity contribution in [1.29, 1.82) is 5.26 Å². The predicted molar refractivity (Wildman–Crippen MR) is 116 cm³/mol. The van der Waals surface area contributed by atoms with Crippen LogP contribution in [0.4, 0.5) is 0 Å². The normalized spacial score (nSPS) is 46.6. The van der Waals surface area contributed by atoms with Gasteiger partial charge in [0.1, 0.15) is 0 Å². The summed E-state index contributed by atoms with van der Waals surface area (Å²) < 4.78 is 6.36.